The molecule has 1 atom stereocenters. The van der Waals surface area contributed by atoms with Crippen LogP contribution in [-0.2, 0) is 9.22 Å². The number of hydrogen-bond donors (Lipinski definition) is 1. The standard InChI is InChI=1S/C12H24O3Si/c1-4-7-11(16-15-5-2)9-6-8-10(3)12(13)14/h8,11H,4-7,9,16H2,1-3H3,(H,13,14). The fraction of sp³-hybridized carbons (Fsp3) is 0.750. The molecule has 0 fully saturated rings. The average Bonchev–Trinajstić information content (AvgIpc) is 2.25. The Morgan fingerprint density at radius 2 is 2.12 bits per heavy atom. The number of hydrogen-bond acceptors (Lipinski definition) is 2. The fourth-order valence-electron chi connectivity index (χ4n) is 1.63. The van der Waals surface area contributed by atoms with Crippen LogP contribution in [0.5, 0.6) is 0 Å². The maximum atomic E-state index is 10.6. The van der Waals surface area contributed by atoms with E-state index in [0.717, 1.165) is 19.4 Å². The molecule has 1 unspecified atom stereocenters. The molecule has 0 bridgehead atoms. The number of allylic oxidation sites excluding steroid dienone is 1. The predicted molar refractivity (Wildman–Crippen MR) is 69.5 cm³/mol. The Kier molecular flexibility index (Phi) is 9.23. The minimum atomic E-state index is -0.811. The van der Waals surface area contributed by atoms with Gasteiger partial charge in [0.1, 0.15) is 0 Å². The third-order valence-electron chi connectivity index (χ3n) is 2.62. The SMILES string of the molecule is CCCC(CCC=C(C)C(=O)O)[SiH2]OCC. The van der Waals surface area contributed by atoms with Gasteiger partial charge in [0.25, 0.3) is 0 Å². The van der Waals surface area contributed by atoms with Gasteiger partial charge in [0, 0.05) is 12.2 Å². The zero-order valence-corrected chi connectivity index (χ0v) is 12.1. The highest BCUT2D eigenvalue weighted by Crippen LogP contribution is 2.19. The maximum absolute atomic E-state index is 10.6. The molecule has 0 rings (SSSR count). The lowest BCUT2D eigenvalue weighted by Gasteiger charge is -2.13. The lowest BCUT2D eigenvalue weighted by atomic mass is 10.1. The first-order valence-electron chi connectivity index (χ1n) is 6.09. The molecule has 16 heavy (non-hydrogen) atoms. The molecule has 0 aromatic rings. The highest BCUT2D eigenvalue weighted by molar-refractivity contribution is 6.29. The van der Waals surface area contributed by atoms with E-state index in [-0.39, 0.29) is 0 Å². The van der Waals surface area contributed by atoms with Crippen molar-refractivity contribution in [3.8, 4) is 0 Å². The Morgan fingerprint density at radius 1 is 1.44 bits per heavy atom. The van der Waals surface area contributed by atoms with Crippen molar-refractivity contribution in [3.05, 3.63) is 11.6 Å². The average molecular weight is 244 g/mol. The van der Waals surface area contributed by atoms with Crippen LogP contribution in [0.15, 0.2) is 11.6 Å². The Labute approximate surface area is 101 Å². The van der Waals surface area contributed by atoms with E-state index in [1.807, 2.05) is 13.0 Å². The van der Waals surface area contributed by atoms with E-state index in [4.69, 9.17) is 9.53 Å². The van der Waals surface area contributed by atoms with Crippen LogP contribution >= 0.6 is 0 Å². The summed E-state index contributed by atoms with van der Waals surface area (Å²) < 4.78 is 5.56. The highest BCUT2D eigenvalue weighted by atomic mass is 28.2. The number of carboxylic acid groups (broad SMARTS) is 1. The summed E-state index contributed by atoms with van der Waals surface area (Å²) >= 11 is 0. The second kappa shape index (κ2) is 9.60. The van der Waals surface area contributed by atoms with E-state index in [2.05, 4.69) is 6.92 Å². The van der Waals surface area contributed by atoms with Crippen LogP contribution in [0.3, 0.4) is 0 Å². The summed E-state index contributed by atoms with van der Waals surface area (Å²) in [7, 11) is -0.427. The van der Waals surface area contributed by atoms with E-state index >= 15 is 0 Å². The van der Waals surface area contributed by atoms with Crippen molar-refractivity contribution < 1.29 is 14.3 Å². The molecule has 0 saturated carbocycles. The largest absolute Gasteiger partial charge is 0.478 e. The maximum Gasteiger partial charge on any atom is 0.330 e. The van der Waals surface area contributed by atoms with Crippen LogP contribution in [0.4, 0.5) is 0 Å². The van der Waals surface area contributed by atoms with E-state index in [0.29, 0.717) is 11.1 Å². The van der Waals surface area contributed by atoms with Crippen molar-refractivity contribution in [2.45, 2.75) is 52.0 Å². The molecule has 0 heterocycles. The molecule has 0 amide bonds. The van der Waals surface area contributed by atoms with Gasteiger partial charge in [-0.3, -0.25) is 0 Å². The first-order valence-corrected chi connectivity index (χ1v) is 7.48. The van der Waals surface area contributed by atoms with Crippen molar-refractivity contribution >= 4 is 15.7 Å². The van der Waals surface area contributed by atoms with Gasteiger partial charge in [0.15, 0.2) is 9.76 Å². The Balaban J connectivity index is 3.91. The topological polar surface area (TPSA) is 46.5 Å². The van der Waals surface area contributed by atoms with E-state index in [1.54, 1.807) is 6.92 Å². The molecule has 0 radical (unpaired) electrons. The van der Waals surface area contributed by atoms with Gasteiger partial charge >= 0.3 is 5.97 Å². The normalized spacial score (nSPS) is 14.6. The fourth-order valence-corrected chi connectivity index (χ4v) is 3.17. The monoisotopic (exact) mass is 244 g/mol. The minimum absolute atomic E-state index is 0.427. The van der Waals surface area contributed by atoms with Crippen LogP contribution in [0.1, 0.15) is 46.5 Å². The zero-order chi connectivity index (χ0) is 12.4. The molecule has 1 N–H and O–H groups in total. The van der Waals surface area contributed by atoms with Gasteiger partial charge in [-0.25, -0.2) is 4.79 Å². The van der Waals surface area contributed by atoms with Crippen molar-refractivity contribution in [1.82, 2.24) is 0 Å². The van der Waals surface area contributed by atoms with E-state index < -0.39 is 15.7 Å². The van der Waals surface area contributed by atoms with E-state index in [1.165, 1.54) is 12.8 Å². The molecule has 0 saturated heterocycles. The van der Waals surface area contributed by atoms with Crippen LogP contribution in [-0.4, -0.2) is 27.4 Å². The summed E-state index contributed by atoms with van der Waals surface area (Å²) in [5, 5.41) is 8.71. The Morgan fingerprint density at radius 3 is 2.62 bits per heavy atom. The van der Waals surface area contributed by atoms with Gasteiger partial charge in [-0.1, -0.05) is 25.8 Å². The quantitative estimate of drug-likeness (QED) is 0.501. The number of carboxylic acids is 1. The van der Waals surface area contributed by atoms with Gasteiger partial charge in [0.2, 0.25) is 0 Å². The van der Waals surface area contributed by atoms with Gasteiger partial charge in [-0.05, 0) is 32.2 Å². The lowest BCUT2D eigenvalue weighted by Crippen LogP contribution is -2.08. The molecular formula is C12H24O3Si. The lowest BCUT2D eigenvalue weighted by molar-refractivity contribution is -0.132. The molecule has 0 spiro atoms. The summed E-state index contributed by atoms with van der Waals surface area (Å²) in [5.74, 6) is -0.811. The first-order chi connectivity index (χ1) is 7.61. The number of carbonyl (C=O) groups is 1. The first kappa shape index (κ1) is 15.4. The molecule has 0 aliphatic heterocycles. The molecular weight excluding hydrogens is 220 g/mol. The highest BCUT2D eigenvalue weighted by Gasteiger charge is 2.08. The Bertz CT molecular complexity index is 226. The van der Waals surface area contributed by atoms with Gasteiger partial charge in [0.05, 0.1) is 0 Å². The third-order valence-corrected chi connectivity index (χ3v) is 4.55. The van der Waals surface area contributed by atoms with Crippen molar-refractivity contribution in [2.24, 2.45) is 0 Å². The smallest absolute Gasteiger partial charge is 0.330 e. The summed E-state index contributed by atoms with van der Waals surface area (Å²) in [4.78, 5) is 10.6. The van der Waals surface area contributed by atoms with Crippen LogP contribution in [0.25, 0.3) is 0 Å². The van der Waals surface area contributed by atoms with Gasteiger partial charge in [-0.15, -0.1) is 0 Å². The molecule has 0 aliphatic carbocycles. The predicted octanol–water partition coefficient (Wildman–Crippen LogP) is 2.51. The summed E-state index contributed by atoms with van der Waals surface area (Å²) in [6.07, 6.45) is 6.16. The second-order valence-electron chi connectivity index (χ2n) is 4.08. The molecule has 0 aromatic heterocycles. The number of aliphatic carboxylic acids is 1. The van der Waals surface area contributed by atoms with Gasteiger partial charge < -0.3 is 9.53 Å². The van der Waals surface area contributed by atoms with Crippen molar-refractivity contribution in [3.63, 3.8) is 0 Å². The van der Waals surface area contributed by atoms with Crippen LogP contribution < -0.4 is 0 Å². The third kappa shape index (κ3) is 7.65. The van der Waals surface area contributed by atoms with Crippen molar-refractivity contribution in [1.29, 1.82) is 0 Å². The van der Waals surface area contributed by atoms with Crippen LogP contribution in [0, 0.1) is 0 Å². The molecule has 3 nitrogen and oxygen atoms in total. The zero-order valence-electron chi connectivity index (χ0n) is 10.7. The number of rotatable bonds is 9. The second-order valence-corrected chi connectivity index (χ2v) is 5.98. The molecule has 0 aliphatic rings. The van der Waals surface area contributed by atoms with Gasteiger partial charge in [-0.2, -0.15) is 0 Å². The minimum Gasteiger partial charge on any atom is -0.478 e. The summed E-state index contributed by atoms with van der Waals surface area (Å²) in [6.45, 7) is 6.68. The van der Waals surface area contributed by atoms with E-state index in [9.17, 15) is 4.79 Å². The molecule has 4 heteroatoms. The van der Waals surface area contributed by atoms with Crippen molar-refractivity contribution in [2.75, 3.05) is 6.61 Å². The molecule has 94 valence electrons. The summed E-state index contributed by atoms with van der Waals surface area (Å²) in [6, 6.07) is 0. The molecule has 0 aromatic carbocycles. The van der Waals surface area contributed by atoms with Crippen LogP contribution in [0.2, 0.25) is 5.54 Å². The summed E-state index contributed by atoms with van der Waals surface area (Å²) in [5.41, 5.74) is 1.15. The Hall–Kier alpha value is -0.613.